The molecule has 0 saturated carbocycles. The highest BCUT2D eigenvalue weighted by Gasteiger charge is 2.39. The van der Waals surface area contributed by atoms with Gasteiger partial charge in [0.2, 0.25) is 0 Å². The zero-order chi connectivity index (χ0) is 15.5. The number of benzene rings is 2. The van der Waals surface area contributed by atoms with Crippen molar-refractivity contribution in [3.8, 4) is 0 Å². The zero-order valence-corrected chi connectivity index (χ0v) is 12.1. The summed E-state index contributed by atoms with van der Waals surface area (Å²) in [5.74, 6) is -1.50. The van der Waals surface area contributed by atoms with Gasteiger partial charge in [-0.3, -0.25) is 0 Å². The molecule has 1 atom stereocenters. The zero-order valence-electron chi connectivity index (χ0n) is 12.1. The molecule has 0 aliphatic rings. The van der Waals surface area contributed by atoms with Crippen molar-refractivity contribution in [2.75, 3.05) is 5.32 Å². The minimum absolute atomic E-state index is 0.183. The van der Waals surface area contributed by atoms with Crippen LogP contribution in [0.1, 0.15) is 24.5 Å². The van der Waals surface area contributed by atoms with Crippen molar-refractivity contribution in [3.63, 3.8) is 0 Å². The molecule has 2 N–H and O–H groups in total. The Hall–Kier alpha value is -2.36. The van der Waals surface area contributed by atoms with Crippen molar-refractivity contribution in [1.82, 2.24) is 0 Å². The largest absolute Gasteiger partial charge is 0.479 e. The Morgan fingerprint density at radius 1 is 1.19 bits per heavy atom. The molecule has 0 aliphatic carbocycles. The molecule has 0 amide bonds. The number of hydrogen-bond donors (Lipinski definition) is 2. The van der Waals surface area contributed by atoms with E-state index in [1.54, 1.807) is 31.2 Å². The Balaban J connectivity index is 2.50. The maximum atomic E-state index is 13.8. The van der Waals surface area contributed by atoms with E-state index in [1.165, 1.54) is 12.1 Å². The molecule has 2 aromatic rings. The first kappa shape index (κ1) is 15.0. The van der Waals surface area contributed by atoms with E-state index in [4.69, 9.17) is 0 Å². The minimum Gasteiger partial charge on any atom is -0.479 e. The first-order valence-corrected chi connectivity index (χ1v) is 6.83. The van der Waals surface area contributed by atoms with Crippen LogP contribution in [0, 0.1) is 12.7 Å². The van der Waals surface area contributed by atoms with Crippen molar-refractivity contribution in [2.24, 2.45) is 0 Å². The molecule has 2 aromatic carbocycles. The highest BCUT2D eigenvalue weighted by atomic mass is 19.1. The third kappa shape index (κ3) is 2.89. The van der Waals surface area contributed by atoms with Crippen LogP contribution in [-0.4, -0.2) is 11.1 Å². The number of rotatable bonds is 5. The van der Waals surface area contributed by atoms with E-state index in [2.05, 4.69) is 5.32 Å². The van der Waals surface area contributed by atoms with Gasteiger partial charge < -0.3 is 10.4 Å². The maximum absolute atomic E-state index is 13.8. The van der Waals surface area contributed by atoms with Crippen molar-refractivity contribution < 1.29 is 14.3 Å². The lowest BCUT2D eigenvalue weighted by molar-refractivity contribution is -0.142. The highest BCUT2D eigenvalue weighted by Crippen LogP contribution is 2.31. The van der Waals surface area contributed by atoms with Crippen molar-refractivity contribution in [3.05, 3.63) is 65.5 Å². The quantitative estimate of drug-likeness (QED) is 0.875. The van der Waals surface area contributed by atoms with Crippen LogP contribution in [0.2, 0.25) is 0 Å². The Kier molecular flexibility index (Phi) is 4.26. The van der Waals surface area contributed by atoms with E-state index in [0.29, 0.717) is 12.0 Å². The second-order valence-corrected chi connectivity index (χ2v) is 5.03. The normalized spacial score (nSPS) is 13.5. The fourth-order valence-corrected chi connectivity index (χ4v) is 2.32. The molecule has 0 aromatic heterocycles. The Morgan fingerprint density at radius 2 is 1.81 bits per heavy atom. The standard InChI is InChI=1S/C17H18FNO2/c1-3-17(16(20)21,13-10-8-12(2)9-11-13)19-15-7-5-4-6-14(15)18/h4-11,19H,3H2,1-2H3,(H,20,21). The molecule has 2 rings (SSSR count). The lowest BCUT2D eigenvalue weighted by atomic mass is 9.86. The smallest absolute Gasteiger partial charge is 0.334 e. The van der Waals surface area contributed by atoms with Crippen molar-refractivity contribution in [1.29, 1.82) is 0 Å². The molecule has 0 aliphatic heterocycles. The molecule has 0 heterocycles. The summed E-state index contributed by atoms with van der Waals surface area (Å²) < 4.78 is 13.8. The maximum Gasteiger partial charge on any atom is 0.334 e. The number of aryl methyl sites for hydroxylation is 1. The Labute approximate surface area is 123 Å². The second-order valence-electron chi connectivity index (χ2n) is 5.03. The second kappa shape index (κ2) is 5.95. The fraction of sp³-hybridized carbons (Fsp3) is 0.235. The summed E-state index contributed by atoms with van der Waals surface area (Å²) in [6, 6.07) is 13.3. The van der Waals surface area contributed by atoms with Gasteiger partial charge >= 0.3 is 5.97 Å². The summed E-state index contributed by atoms with van der Waals surface area (Å²) in [6.45, 7) is 3.70. The van der Waals surface area contributed by atoms with Crippen molar-refractivity contribution in [2.45, 2.75) is 25.8 Å². The van der Waals surface area contributed by atoms with Gasteiger partial charge in [-0.25, -0.2) is 9.18 Å². The van der Waals surface area contributed by atoms with Gasteiger partial charge in [-0.1, -0.05) is 48.9 Å². The number of carbonyl (C=O) groups is 1. The number of nitrogens with one attached hydrogen (secondary N) is 1. The van der Waals surface area contributed by atoms with Crippen LogP contribution in [-0.2, 0) is 10.3 Å². The first-order valence-electron chi connectivity index (χ1n) is 6.83. The van der Waals surface area contributed by atoms with Crippen LogP contribution in [0.3, 0.4) is 0 Å². The first-order chi connectivity index (χ1) is 9.99. The highest BCUT2D eigenvalue weighted by molar-refractivity contribution is 5.84. The molecular formula is C17H18FNO2. The van der Waals surface area contributed by atoms with Gasteiger partial charge in [-0.15, -0.1) is 0 Å². The van der Waals surface area contributed by atoms with Crippen LogP contribution in [0.25, 0.3) is 0 Å². The van der Waals surface area contributed by atoms with Crippen molar-refractivity contribution >= 4 is 11.7 Å². The predicted octanol–water partition coefficient (Wildman–Crippen LogP) is 3.94. The molecule has 0 fully saturated rings. The summed E-state index contributed by atoms with van der Waals surface area (Å²) in [4.78, 5) is 11.9. The fourth-order valence-electron chi connectivity index (χ4n) is 2.32. The van der Waals surface area contributed by atoms with E-state index in [-0.39, 0.29) is 5.69 Å². The van der Waals surface area contributed by atoms with E-state index >= 15 is 0 Å². The lowest BCUT2D eigenvalue weighted by Gasteiger charge is -2.31. The van der Waals surface area contributed by atoms with Gasteiger partial charge in [0.25, 0.3) is 0 Å². The lowest BCUT2D eigenvalue weighted by Crippen LogP contribution is -2.43. The molecular weight excluding hydrogens is 269 g/mol. The molecule has 3 nitrogen and oxygen atoms in total. The average molecular weight is 287 g/mol. The summed E-state index contributed by atoms with van der Waals surface area (Å²) in [5, 5.41) is 12.6. The molecule has 0 bridgehead atoms. The van der Waals surface area contributed by atoms with E-state index in [1.807, 2.05) is 19.1 Å². The average Bonchev–Trinajstić information content (AvgIpc) is 2.47. The van der Waals surface area contributed by atoms with Gasteiger partial charge in [-0.05, 0) is 31.0 Å². The topological polar surface area (TPSA) is 49.3 Å². The van der Waals surface area contributed by atoms with Gasteiger partial charge in [-0.2, -0.15) is 0 Å². The number of carboxylic acid groups (broad SMARTS) is 1. The van der Waals surface area contributed by atoms with Crippen LogP contribution in [0.5, 0.6) is 0 Å². The third-order valence-corrected chi connectivity index (χ3v) is 3.66. The third-order valence-electron chi connectivity index (χ3n) is 3.66. The molecule has 0 saturated heterocycles. The number of aliphatic carboxylic acids is 1. The summed E-state index contributed by atoms with van der Waals surface area (Å²) in [5.41, 5.74) is 0.476. The molecule has 1 unspecified atom stereocenters. The molecule has 110 valence electrons. The minimum atomic E-state index is -1.35. The number of para-hydroxylation sites is 1. The van der Waals surface area contributed by atoms with E-state index < -0.39 is 17.3 Å². The summed E-state index contributed by atoms with van der Waals surface area (Å²) in [6.07, 6.45) is 0.291. The van der Waals surface area contributed by atoms with Gasteiger partial charge in [0, 0.05) is 0 Å². The predicted molar refractivity (Wildman–Crippen MR) is 80.8 cm³/mol. The number of carboxylic acids is 1. The monoisotopic (exact) mass is 287 g/mol. The molecule has 0 spiro atoms. The van der Waals surface area contributed by atoms with Crippen LogP contribution in [0.4, 0.5) is 10.1 Å². The molecule has 21 heavy (non-hydrogen) atoms. The molecule has 4 heteroatoms. The Morgan fingerprint density at radius 3 is 2.33 bits per heavy atom. The SMILES string of the molecule is CCC(Nc1ccccc1F)(C(=O)O)c1ccc(C)cc1. The van der Waals surface area contributed by atoms with Crippen LogP contribution in [0.15, 0.2) is 48.5 Å². The van der Waals surface area contributed by atoms with Crippen LogP contribution >= 0.6 is 0 Å². The molecule has 0 radical (unpaired) electrons. The van der Waals surface area contributed by atoms with E-state index in [9.17, 15) is 14.3 Å². The van der Waals surface area contributed by atoms with Gasteiger partial charge in [0.1, 0.15) is 5.82 Å². The number of anilines is 1. The number of hydrogen-bond acceptors (Lipinski definition) is 2. The van der Waals surface area contributed by atoms with Gasteiger partial charge in [0.05, 0.1) is 5.69 Å². The Bertz CT molecular complexity index is 639. The number of halogens is 1. The summed E-state index contributed by atoms with van der Waals surface area (Å²) in [7, 11) is 0. The van der Waals surface area contributed by atoms with Gasteiger partial charge in [0.15, 0.2) is 5.54 Å². The van der Waals surface area contributed by atoms with E-state index in [0.717, 1.165) is 5.56 Å². The summed E-state index contributed by atoms with van der Waals surface area (Å²) >= 11 is 0. The van der Waals surface area contributed by atoms with Crippen LogP contribution < -0.4 is 5.32 Å².